The average molecular weight is 281 g/mol. The number of aromatic nitrogens is 1. The highest BCUT2D eigenvalue weighted by Crippen LogP contribution is 2.34. The van der Waals surface area contributed by atoms with Gasteiger partial charge in [-0.05, 0) is 26.2 Å². The van der Waals surface area contributed by atoms with Gasteiger partial charge in [0, 0.05) is 36.8 Å². The van der Waals surface area contributed by atoms with E-state index in [4.69, 9.17) is 0 Å². The molecule has 3 nitrogen and oxygen atoms in total. The molecule has 0 bridgehead atoms. The lowest BCUT2D eigenvalue weighted by molar-refractivity contribution is 0.0129. The number of thiazole rings is 1. The highest BCUT2D eigenvalue weighted by molar-refractivity contribution is 7.09. The SMILES string of the molecule is CC1CNC(C(C)(C)C)CN1C(C)(C)c1nccs1. The first kappa shape index (κ1) is 14.9. The van der Waals surface area contributed by atoms with Gasteiger partial charge in [-0.3, -0.25) is 4.90 Å². The summed E-state index contributed by atoms with van der Waals surface area (Å²) in [6, 6.07) is 1.07. The van der Waals surface area contributed by atoms with E-state index in [-0.39, 0.29) is 11.0 Å². The maximum atomic E-state index is 4.54. The Kier molecular flexibility index (Phi) is 4.05. The Labute approximate surface area is 121 Å². The molecule has 1 aromatic rings. The van der Waals surface area contributed by atoms with Gasteiger partial charge in [-0.2, -0.15) is 0 Å². The van der Waals surface area contributed by atoms with Gasteiger partial charge < -0.3 is 5.32 Å². The smallest absolute Gasteiger partial charge is 0.112 e. The van der Waals surface area contributed by atoms with Crippen LogP contribution < -0.4 is 5.32 Å². The molecule has 1 aliphatic heterocycles. The molecule has 2 unspecified atom stereocenters. The number of nitrogens with one attached hydrogen (secondary N) is 1. The Hall–Kier alpha value is -0.450. The predicted octanol–water partition coefficient (Wildman–Crippen LogP) is 3.09. The summed E-state index contributed by atoms with van der Waals surface area (Å²) in [7, 11) is 0. The first-order chi connectivity index (χ1) is 8.73. The second kappa shape index (κ2) is 5.15. The van der Waals surface area contributed by atoms with Crippen LogP contribution in [0.1, 0.15) is 46.6 Å². The molecule has 108 valence electrons. The summed E-state index contributed by atoms with van der Waals surface area (Å²) in [4.78, 5) is 7.15. The van der Waals surface area contributed by atoms with Crippen LogP contribution in [0.5, 0.6) is 0 Å². The molecule has 0 radical (unpaired) electrons. The molecule has 1 aliphatic rings. The van der Waals surface area contributed by atoms with E-state index in [1.165, 1.54) is 5.01 Å². The van der Waals surface area contributed by atoms with Crippen molar-refractivity contribution < 1.29 is 0 Å². The number of rotatable bonds is 2. The van der Waals surface area contributed by atoms with Gasteiger partial charge in [-0.15, -0.1) is 11.3 Å². The van der Waals surface area contributed by atoms with Gasteiger partial charge in [-0.25, -0.2) is 4.98 Å². The van der Waals surface area contributed by atoms with E-state index in [2.05, 4.69) is 62.1 Å². The number of nitrogens with zero attached hydrogens (tertiary/aromatic N) is 2. The van der Waals surface area contributed by atoms with Crippen LogP contribution in [0.4, 0.5) is 0 Å². The number of hydrogen-bond acceptors (Lipinski definition) is 4. The van der Waals surface area contributed by atoms with Gasteiger partial charge in [-0.1, -0.05) is 20.8 Å². The topological polar surface area (TPSA) is 28.2 Å². The Morgan fingerprint density at radius 2 is 2.00 bits per heavy atom. The van der Waals surface area contributed by atoms with Crippen molar-refractivity contribution in [2.75, 3.05) is 13.1 Å². The number of hydrogen-bond donors (Lipinski definition) is 1. The van der Waals surface area contributed by atoms with Crippen LogP contribution in [-0.2, 0) is 5.54 Å². The fourth-order valence-corrected chi connectivity index (χ4v) is 3.65. The van der Waals surface area contributed by atoms with E-state index < -0.39 is 0 Å². The summed E-state index contributed by atoms with van der Waals surface area (Å²) in [5.74, 6) is 0. The highest BCUT2D eigenvalue weighted by atomic mass is 32.1. The Balaban J connectivity index is 2.22. The van der Waals surface area contributed by atoms with Crippen molar-refractivity contribution in [3.8, 4) is 0 Å². The van der Waals surface area contributed by atoms with Gasteiger partial charge in [0.25, 0.3) is 0 Å². The third-order valence-corrected chi connectivity index (χ3v) is 5.38. The first-order valence-electron chi connectivity index (χ1n) is 7.13. The van der Waals surface area contributed by atoms with Crippen molar-refractivity contribution >= 4 is 11.3 Å². The zero-order valence-electron chi connectivity index (χ0n) is 13.0. The molecule has 4 heteroatoms. The molecule has 2 atom stereocenters. The van der Waals surface area contributed by atoms with Gasteiger partial charge in [0.05, 0.1) is 5.54 Å². The normalized spacial score (nSPS) is 26.6. The summed E-state index contributed by atoms with van der Waals surface area (Å²) in [5, 5.41) is 6.99. The second-order valence-electron chi connectivity index (χ2n) is 7.22. The van der Waals surface area contributed by atoms with E-state index in [1.54, 1.807) is 11.3 Å². The van der Waals surface area contributed by atoms with Gasteiger partial charge >= 0.3 is 0 Å². The van der Waals surface area contributed by atoms with E-state index in [0.29, 0.717) is 12.1 Å². The van der Waals surface area contributed by atoms with Crippen LogP contribution in [-0.4, -0.2) is 35.1 Å². The van der Waals surface area contributed by atoms with Crippen molar-refractivity contribution in [3.63, 3.8) is 0 Å². The Morgan fingerprint density at radius 3 is 2.53 bits per heavy atom. The van der Waals surface area contributed by atoms with Gasteiger partial charge in [0.15, 0.2) is 0 Å². The molecule has 2 rings (SSSR count). The van der Waals surface area contributed by atoms with Gasteiger partial charge in [0.2, 0.25) is 0 Å². The van der Waals surface area contributed by atoms with Crippen LogP contribution in [0.25, 0.3) is 0 Å². The zero-order valence-corrected chi connectivity index (χ0v) is 13.8. The summed E-state index contributed by atoms with van der Waals surface area (Å²) in [6.45, 7) is 16.0. The highest BCUT2D eigenvalue weighted by Gasteiger charge is 2.40. The van der Waals surface area contributed by atoms with Crippen molar-refractivity contribution in [2.24, 2.45) is 5.41 Å². The molecular formula is C15H27N3S. The van der Waals surface area contributed by atoms with E-state index in [1.807, 2.05) is 6.20 Å². The maximum absolute atomic E-state index is 4.54. The minimum Gasteiger partial charge on any atom is -0.311 e. The predicted molar refractivity (Wildman–Crippen MR) is 82.6 cm³/mol. The van der Waals surface area contributed by atoms with E-state index in [0.717, 1.165) is 13.1 Å². The molecule has 1 N–H and O–H groups in total. The Morgan fingerprint density at radius 1 is 1.32 bits per heavy atom. The molecule has 0 aromatic carbocycles. The van der Waals surface area contributed by atoms with Crippen LogP contribution in [0, 0.1) is 5.41 Å². The van der Waals surface area contributed by atoms with E-state index in [9.17, 15) is 0 Å². The van der Waals surface area contributed by atoms with Crippen molar-refractivity contribution in [1.29, 1.82) is 0 Å². The van der Waals surface area contributed by atoms with Crippen LogP contribution in [0.3, 0.4) is 0 Å². The fraction of sp³-hybridized carbons (Fsp3) is 0.800. The molecule has 0 spiro atoms. The average Bonchev–Trinajstić information content (AvgIpc) is 2.81. The monoisotopic (exact) mass is 281 g/mol. The molecule has 1 aromatic heterocycles. The molecule has 0 saturated carbocycles. The lowest BCUT2D eigenvalue weighted by Gasteiger charge is -2.50. The fourth-order valence-electron chi connectivity index (χ4n) is 2.87. The van der Waals surface area contributed by atoms with Crippen LogP contribution >= 0.6 is 11.3 Å². The molecular weight excluding hydrogens is 254 g/mol. The maximum Gasteiger partial charge on any atom is 0.112 e. The molecule has 0 amide bonds. The Bertz CT molecular complexity index is 406. The summed E-state index contributed by atoms with van der Waals surface area (Å²) < 4.78 is 0. The zero-order chi connectivity index (χ0) is 14.3. The molecule has 19 heavy (non-hydrogen) atoms. The minimum atomic E-state index is 0.0131. The van der Waals surface area contributed by atoms with Crippen molar-refractivity contribution in [2.45, 2.75) is 59.2 Å². The van der Waals surface area contributed by atoms with Gasteiger partial charge in [0.1, 0.15) is 5.01 Å². The standard InChI is InChI=1S/C15H27N3S/c1-11-9-17-12(14(2,3)4)10-18(11)15(5,6)13-16-7-8-19-13/h7-8,11-12,17H,9-10H2,1-6H3. The molecule has 1 fully saturated rings. The lowest BCUT2D eigenvalue weighted by Crippen LogP contribution is -2.63. The summed E-state index contributed by atoms with van der Waals surface area (Å²) in [6.07, 6.45) is 1.91. The largest absolute Gasteiger partial charge is 0.311 e. The van der Waals surface area contributed by atoms with Crippen LogP contribution in [0.15, 0.2) is 11.6 Å². The molecule has 1 saturated heterocycles. The first-order valence-corrected chi connectivity index (χ1v) is 8.01. The van der Waals surface area contributed by atoms with Crippen molar-refractivity contribution in [1.82, 2.24) is 15.2 Å². The lowest BCUT2D eigenvalue weighted by atomic mass is 9.83. The third-order valence-electron chi connectivity index (χ3n) is 4.29. The quantitative estimate of drug-likeness (QED) is 0.903. The van der Waals surface area contributed by atoms with E-state index >= 15 is 0 Å². The van der Waals surface area contributed by atoms with Crippen LogP contribution in [0.2, 0.25) is 0 Å². The third kappa shape index (κ3) is 3.01. The molecule has 0 aliphatic carbocycles. The number of piperazine rings is 1. The summed E-state index contributed by atoms with van der Waals surface area (Å²) in [5.41, 5.74) is 0.302. The van der Waals surface area contributed by atoms with Crippen molar-refractivity contribution in [3.05, 3.63) is 16.6 Å². The summed E-state index contributed by atoms with van der Waals surface area (Å²) >= 11 is 1.76. The molecule has 2 heterocycles. The minimum absolute atomic E-state index is 0.0131. The second-order valence-corrected chi connectivity index (χ2v) is 8.12.